The van der Waals surface area contributed by atoms with E-state index in [2.05, 4.69) is 42.9 Å². The Kier molecular flexibility index (Phi) is 4.19. The van der Waals surface area contributed by atoms with Gasteiger partial charge in [0.15, 0.2) is 0 Å². The van der Waals surface area contributed by atoms with Gasteiger partial charge in [-0.2, -0.15) is 0 Å². The van der Waals surface area contributed by atoms with Crippen molar-refractivity contribution in [3.8, 4) is 0 Å². The second kappa shape index (κ2) is 5.71. The van der Waals surface area contributed by atoms with Gasteiger partial charge < -0.3 is 5.73 Å². The molecule has 0 radical (unpaired) electrons. The van der Waals surface area contributed by atoms with E-state index in [4.69, 9.17) is 5.73 Å². The maximum absolute atomic E-state index is 6.28. The van der Waals surface area contributed by atoms with Crippen molar-refractivity contribution in [2.75, 3.05) is 0 Å². The van der Waals surface area contributed by atoms with E-state index in [0.717, 1.165) is 23.6 Å². The predicted molar refractivity (Wildman–Crippen MR) is 82.5 cm³/mol. The van der Waals surface area contributed by atoms with E-state index in [1.165, 1.54) is 5.56 Å². The van der Waals surface area contributed by atoms with E-state index >= 15 is 0 Å². The van der Waals surface area contributed by atoms with Gasteiger partial charge in [0.1, 0.15) is 5.82 Å². The highest BCUT2D eigenvalue weighted by Crippen LogP contribution is 2.22. The van der Waals surface area contributed by atoms with Crippen LogP contribution in [0.4, 0.5) is 0 Å². The molecule has 1 atom stereocenters. The van der Waals surface area contributed by atoms with Crippen LogP contribution in [0.1, 0.15) is 49.6 Å². The predicted octanol–water partition coefficient (Wildman–Crippen LogP) is 3.33. The van der Waals surface area contributed by atoms with Gasteiger partial charge in [-0.05, 0) is 25.0 Å². The maximum Gasteiger partial charge on any atom is 0.145 e. The second-order valence-corrected chi connectivity index (χ2v) is 6.30. The Hall–Kier alpha value is -1.74. The summed E-state index contributed by atoms with van der Waals surface area (Å²) in [5.74, 6) is 0.735. The average Bonchev–Trinajstić information content (AvgIpc) is 2.38. The molecule has 0 saturated heterocycles. The van der Waals surface area contributed by atoms with Crippen LogP contribution in [0.25, 0.3) is 0 Å². The van der Waals surface area contributed by atoms with Crippen molar-refractivity contribution in [2.24, 2.45) is 5.73 Å². The molecule has 1 unspecified atom stereocenters. The smallest absolute Gasteiger partial charge is 0.145 e. The van der Waals surface area contributed by atoms with Crippen LogP contribution in [0.2, 0.25) is 0 Å². The molecule has 2 rings (SSSR count). The molecule has 0 amide bonds. The van der Waals surface area contributed by atoms with Gasteiger partial charge in [0.05, 0.1) is 6.04 Å². The van der Waals surface area contributed by atoms with Crippen LogP contribution in [0.5, 0.6) is 0 Å². The minimum atomic E-state index is -0.168. The molecule has 0 aliphatic rings. The molecule has 0 spiro atoms. The SMILES string of the molecule is Cc1cc(C(C)(C)C)nc(C(N)Cc2ccccc2)n1. The van der Waals surface area contributed by atoms with Gasteiger partial charge in [0, 0.05) is 16.8 Å². The third-order valence-electron chi connectivity index (χ3n) is 3.27. The number of nitrogens with two attached hydrogens (primary N) is 1. The number of aryl methyl sites for hydroxylation is 1. The zero-order valence-electron chi connectivity index (χ0n) is 12.7. The van der Waals surface area contributed by atoms with Crippen molar-refractivity contribution in [3.63, 3.8) is 0 Å². The molecule has 1 aromatic heterocycles. The molecule has 0 bridgehead atoms. The molecule has 106 valence electrons. The summed E-state index contributed by atoms with van der Waals surface area (Å²) < 4.78 is 0. The minimum absolute atomic E-state index is 0.00885. The molecular weight excluding hydrogens is 246 g/mol. The molecule has 3 nitrogen and oxygen atoms in total. The Morgan fingerprint density at radius 1 is 1.10 bits per heavy atom. The van der Waals surface area contributed by atoms with Crippen molar-refractivity contribution in [2.45, 2.75) is 45.6 Å². The first-order valence-electron chi connectivity index (χ1n) is 7.02. The standard InChI is InChI=1S/C17H23N3/c1-12-10-15(17(2,3)4)20-16(19-12)14(18)11-13-8-6-5-7-9-13/h5-10,14H,11,18H2,1-4H3. The topological polar surface area (TPSA) is 51.8 Å². The molecule has 1 aromatic carbocycles. The average molecular weight is 269 g/mol. The van der Waals surface area contributed by atoms with E-state index < -0.39 is 0 Å². The van der Waals surface area contributed by atoms with E-state index in [1.807, 2.05) is 31.2 Å². The van der Waals surface area contributed by atoms with Crippen LogP contribution >= 0.6 is 0 Å². The highest BCUT2D eigenvalue weighted by atomic mass is 14.9. The normalized spacial score (nSPS) is 13.2. The summed E-state index contributed by atoms with van der Waals surface area (Å²) in [4.78, 5) is 9.17. The van der Waals surface area contributed by atoms with Gasteiger partial charge in [-0.3, -0.25) is 0 Å². The summed E-state index contributed by atoms with van der Waals surface area (Å²) in [5.41, 5.74) is 9.52. The first kappa shape index (κ1) is 14.7. The largest absolute Gasteiger partial charge is 0.321 e. The lowest BCUT2D eigenvalue weighted by Gasteiger charge is -2.20. The Balaban J connectivity index is 2.26. The van der Waals surface area contributed by atoms with Crippen molar-refractivity contribution in [1.29, 1.82) is 0 Å². The highest BCUT2D eigenvalue weighted by molar-refractivity contribution is 5.21. The highest BCUT2D eigenvalue weighted by Gasteiger charge is 2.19. The lowest BCUT2D eigenvalue weighted by molar-refractivity contribution is 0.550. The van der Waals surface area contributed by atoms with Crippen molar-refractivity contribution in [3.05, 3.63) is 59.2 Å². The number of nitrogens with zero attached hydrogens (tertiary/aromatic N) is 2. The van der Waals surface area contributed by atoms with Gasteiger partial charge in [-0.15, -0.1) is 0 Å². The Bertz CT molecular complexity index is 571. The minimum Gasteiger partial charge on any atom is -0.321 e. The van der Waals surface area contributed by atoms with Gasteiger partial charge in [0.25, 0.3) is 0 Å². The van der Waals surface area contributed by atoms with Crippen LogP contribution in [0, 0.1) is 6.92 Å². The molecule has 20 heavy (non-hydrogen) atoms. The molecule has 2 N–H and O–H groups in total. The van der Waals surface area contributed by atoms with E-state index in [1.54, 1.807) is 0 Å². The first-order valence-corrected chi connectivity index (χ1v) is 7.02. The third kappa shape index (κ3) is 3.64. The third-order valence-corrected chi connectivity index (χ3v) is 3.27. The van der Waals surface area contributed by atoms with Crippen LogP contribution < -0.4 is 5.73 Å². The number of benzene rings is 1. The molecule has 0 aliphatic heterocycles. The maximum atomic E-state index is 6.28. The van der Waals surface area contributed by atoms with Crippen LogP contribution in [-0.2, 0) is 11.8 Å². The fourth-order valence-corrected chi connectivity index (χ4v) is 2.10. The molecule has 3 heteroatoms. The van der Waals surface area contributed by atoms with Crippen molar-refractivity contribution in [1.82, 2.24) is 9.97 Å². The summed E-state index contributed by atoms with van der Waals surface area (Å²) in [6.45, 7) is 8.46. The second-order valence-electron chi connectivity index (χ2n) is 6.30. The molecule has 0 saturated carbocycles. The number of hydrogen-bond acceptors (Lipinski definition) is 3. The van der Waals surface area contributed by atoms with Gasteiger partial charge in [-0.25, -0.2) is 9.97 Å². The van der Waals surface area contributed by atoms with Gasteiger partial charge in [0.2, 0.25) is 0 Å². The van der Waals surface area contributed by atoms with Crippen LogP contribution in [-0.4, -0.2) is 9.97 Å². The Morgan fingerprint density at radius 3 is 2.35 bits per heavy atom. The zero-order chi connectivity index (χ0) is 14.8. The number of hydrogen-bond donors (Lipinski definition) is 1. The summed E-state index contributed by atoms with van der Waals surface area (Å²) in [7, 11) is 0. The Labute approximate surface area is 121 Å². The monoisotopic (exact) mass is 269 g/mol. The van der Waals surface area contributed by atoms with E-state index in [0.29, 0.717) is 0 Å². The molecular formula is C17H23N3. The van der Waals surface area contributed by atoms with Crippen molar-refractivity contribution < 1.29 is 0 Å². The lowest BCUT2D eigenvalue weighted by Crippen LogP contribution is -2.21. The summed E-state index contributed by atoms with van der Waals surface area (Å²) >= 11 is 0. The van der Waals surface area contributed by atoms with Crippen LogP contribution in [0.15, 0.2) is 36.4 Å². The molecule has 0 aliphatic carbocycles. The van der Waals surface area contributed by atoms with E-state index in [-0.39, 0.29) is 11.5 Å². The molecule has 1 heterocycles. The summed E-state index contributed by atoms with van der Waals surface area (Å²) in [6.07, 6.45) is 0.758. The number of rotatable bonds is 3. The van der Waals surface area contributed by atoms with Crippen molar-refractivity contribution >= 4 is 0 Å². The fraction of sp³-hybridized carbons (Fsp3) is 0.412. The Morgan fingerprint density at radius 2 is 1.75 bits per heavy atom. The fourth-order valence-electron chi connectivity index (χ4n) is 2.10. The lowest BCUT2D eigenvalue weighted by atomic mass is 9.91. The first-order chi connectivity index (χ1) is 9.36. The zero-order valence-corrected chi connectivity index (χ0v) is 12.7. The summed E-state index contributed by atoms with van der Waals surface area (Å²) in [5, 5.41) is 0. The quantitative estimate of drug-likeness (QED) is 0.930. The molecule has 0 fully saturated rings. The number of aromatic nitrogens is 2. The molecule has 2 aromatic rings. The van der Waals surface area contributed by atoms with Gasteiger partial charge in [-0.1, -0.05) is 51.1 Å². The summed E-state index contributed by atoms with van der Waals surface area (Å²) in [6, 6.07) is 12.1. The van der Waals surface area contributed by atoms with Crippen LogP contribution in [0.3, 0.4) is 0 Å². The van der Waals surface area contributed by atoms with E-state index in [9.17, 15) is 0 Å². The van der Waals surface area contributed by atoms with Gasteiger partial charge >= 0.3 is 0 Å².